The molecule has 2 heterocycles. The van der Waals surface area contributed by atoms with E-state index in [9.17, 15) is 9.90 Å². The molecule has 3 N–H and O–H groups in total. The molecule has 0 bridgehead atoms. The number of carbonyl (C=O) groups is 1. The van der Waals surface area contributed by atoms with Gasteiger partial charge in [-0.2, -0.15) is 5.21 Å². The van der Waals surface area contributed by atoms with Crippen molar-refractivity contribution in [3.8, 4) is 0 Å². The van der Waals surface area contributed by atoms with Crippen LogP contribution in [0.5, 0.6) is 0 Å². The van der Waals surface area contributed by atoms with E-state index in [4.69, 9.17) is 0 Å². The van der Waals surface area contributed by atoms with Crippen LogP contribution >= 0.6 is 0 Å². The summed E-state index contributed by atoms with van der Waals surface area (Å²) in [6, 6.07) is -0.357. The third kappa shape index (κ3) is 2.60. The molecule has 1 aliphatic carbocycles. The Kier molecular flexibility index (Phi) is 3.46. The number of hydrogen-bond acceptors (Lipinski definition) is 5. The summed E-state index contributed by atoms with van der Waals surface area (Å²) in [6.07, 6.45) is 5.06. The zero-order chi connectivity index (χ0) is 13.2. The number of piperidine rings is 1. The molecule has 4 unspecified atom stereocenters. The molecule has 1 saturated heterocycles. The molecule has 7 nitrogen and oxygen atoms in total. The number of carboxylic acid groups (broad SMARTS) is 1. The second kappa shape index (κ2) is 5.24. The SMILES string of the molecule is O=C(O)C1NCCC2CC(Cc3nn[nH]n3)CCC21. The van der Waals surface area contributed by atoms with Gasteiger partial charge in [-0.15, -0.1) is 10.2 Å². The predicted octanol–water partition coefficient (Wildman–Crippen LogP) is 0.221. The van der Waals surface area contributed by atoms with Crippen LogP contribution in [0.15, 0.2) is 0 Å². The molecule has 0 radical (unpaired) electrons. The van der Waals surface area contributed by atoms with Crippen molar-refractivity contribution in [3.05, 3.63) is 5.82 Å². The zero-order valence-electron chi connectivity index (χ0n) is 10.7. The van der Waals surface area contributed by atoms with Gasteiger partial charge in [0, 0.05) is 6.42 Å². The van der Waals surface area contributed by atoms with E-state index in [2.05, 4.69) is 25.9 Å². The fraction of sp³-hybridized carbons (Fsp3) is 0.833. The number of aliphatic carboxylic acids is 1. The molecule has 19 heavy (non-hydrogen) atoms. The van der Waals surface area contributed by atoms with Gasteiger partial charge in [0.05, 0.1) is 0 Å². The van der Waals surface area contributed by atoms with Crippen LogP contribution in [-0.2, 0) is 11.2 Å². The van der Waals surface area contributed by atoms with Gasteiger partial charge in [0.2, 0.25) is 0 Å². The lowest BCUT2D eigenvalue weighted by molar-refractivity contribution is -0.143. The number of rotatable bonds is 3. The molecule has 2 aliphatic rings. The first kappa shape index (κ1) is 12.5. The number of H-pyrrole nitrogens is 1. The topological polar surface area (TPSA) is 104 Å². The van der Waals surface area contributed by atoms with Crippen molar-refractivity contribution in [3.63, 3.8) is 0 Å². The molecule has 1 aromatic heterocycles. The molecular formula is C12H19N5O2. The van der Waals surface area contributed by atoms with Crippen molar-refractivity contribution in [1.82, 2.24) is 25.9 Å². The number of carboxylic acids is 1. The van der Waals surface area contributed by atoms with Gasteiger partial charge < -0.3 is 10.4 Å². The Bertz CT molecular complexity index is 435. The largest absolute Gasteiger partial charge is 0.480 e. The quantitative estimate of drug-likeness (QED) is 0.722. The average molecular weight is 265 g/mol. The van der Waals surface area contributed by atoms with Crippen molar-refractivity contribution in [2.24, 2.45) is 17.8 Å². The maximum atomic E-state index is 11.3. The summed E-state index contributed by atoms with van der Waals surface area (Å²) in [5.74, 6) is 1.44. The fourth-order valence-electron chi connectivity index (χ4n) is 3.71. The van der Waals surface area contributed by atoms with E-state index in [1.807, 2.05) is 0 Å². The first-order valence-corrected chi connectivity index (χ1v) is 6.92. The molecule has 104 valence electrons. The van der Waals surface area contributed by atoms with Crippen LogP contribution in [0.4, 0.5) is 0 Å². The molecule has 1 aromatic rings. The van der Waals surface area contributed by atoms with Crippen molar-refractivity contribution in [1.29, 1.82) is 0 Å². The van der Waals surface area contributed by atoms with E-state index in [-0.39, 0.29) is 12.0 Å². The van der Waals surface area contributed by atoms with Crippen molar-refractivity contribution >= 4 is 5.97 Å². The van der Waals surface area contributed by atoms with Crippen molar-refractivity contribution < 1.29 is 9.90 Å². The predicted molar refractivity (Wildman–Crippen MR) is 66.2 cm³/mol. The second-order valence-corrected chi connectivity index (χ2v) is 5.69. The van der Waals surface area contributed by atoms with E-state index < -0.39 is 5.97 Å². The number of aromatic amines is 1. The summed E-state index contributed by atoms with van der Waals surface area (Å²) in [7, 11) is 0. The second-order valence-electron chi connectivity index (χ2n) is 5.69. The van der Waals surface area contributed by atoms with Crippen LogP contribution in [0.25, 0.3) is 0 Å². The first-order chi connectivity index (χ1) is 9.24. The van der Waals surface area contributed by atoms with Gasteiger partial charge in [-0.3, -0.25) is 4.79 Å². The Morgan fingerprint density at radius 3 is 3.00 bits per heavy atom. The van der Waals surface area contributed by atoms with Crippen molar-refractivity contribution in [2.75, 3.05) is 6.54 Å². The number of tetrazole rings is 1. The Hall–Kier alpha value is -1.50. The van der Waals surface area contributed by atoms with Crippen LogP contribution in [0.1, 0.15) is 31.5 Å². The van der Waals surface area contributed by atoms with Gasteiger partial charge in [-0.25, -0.2) is 0 Å². The lowest BCUT2D eigenvalue weighted by Gasteiger charge is -2.42. The molecular weight excluding hydrogens is 246 g/mol. The number of fused-ring (bicyclic) bond motifs is 1. The molecule has 2 fully saturated rings. The third-order valence-electron chi connectivity index (χ3n) is 4.58. The van der Waals surface area contributed by atoms with Crippen LogP contribution in [0.2, 0.25) is 0 Å². The highest BCUT2D eigenvalue weighted by Gasteiger charge is 2.41. The minimum atomic E-state index is -0.702. The van der Waals surface area contributed by atoms with E-state index in [1.165, 1.54) is 0 Å². The molecule has 4 atom stereocenters. The minimum absolute atomic E-state index is 0.285. The summed E-state index contributed by atoms with van der Waals surface area (Å²) < 4.78 is 0. The zero-order valence-corrected chi connectivity index (χ0v) is 10.7. The molecule has 0 spiro atoms. The Morgan fingerprint density at radius 2 is 2.26 bits per heavy atom. The van der Waals surface area contributed by atoms with Gasteiger partial charge in [-0.05, 0) is 50.0 Å². The van der Waals surface area contributed by atoms with Gasteiger partial charge in [0.25, 0.3) is 0 Å². The van der Waals surface area contributed by atoms with Gasteiger partial charge >= 0.3 is 5.97 Å². The summed E-state index contributed by atoms with van der Waals surface area (Å²) in [4.78, 5) is 11.3. The van der Waals surface area contributed by atoms with Gasteiger partial charge in [0.15, 0.2) is 5.82 Å². The van der Waals surface area contributed by atoms with Crippen LogP contribution < -0.4 is 5.32 Å². The molecule has 1 saturated carbocycles. The Morgan fingerprint density at radius 1 is 1.37 bits per heavy atom. The summed E-state index contributed by atoms with van der Waals surface area (Å²) in [5.41, 5.74) is 0. The Balaban J connectivity index is 1.62. The van der Waals surface area contributed by atoms with E-state index in [0.29, 0.717) is 11.8 Å². The average Bonchev–Trinajstić information content (AvgIpc) is 2.90. The fourth-order valence-corrected chi connectivity index (χ4v) is 3.71. The monoisotopic (exact) mass is 265 g/mol. The first-order valence-electron chi connectivity index (χ1n) is 6.92. The standard InChI is InChI=1S/C12H19N5O2/c18-12(19)11-9-2-1-7(5-8(9)3-4-13-11)6-10-14-16-17-15-10/h7-9,11,13H,1-6H2,(H,18,19)(H,14,15,16,17). The van der Waals surface area contributed by atoms with Crippen molar-refractivity contribution in [2.45, 2.75) is 38.1 Å². The number of aromatic nitrogens is 4. The number of hydrogen-bond donors (Lipinski definition) is 3. The lowest BCUT2D eigenvalue weighted by Crippen LogP contribution is -2.52. The molecule has 0 amide bonds. The highest BCUT2D eigenvalue weighted by molar-refractivity contribution is 5.74. The molecule has 1 aliphatic heterocycles. The smallest absolute Gasteiger partial charge is 0.320 e. The number of nitrogens with zero attached hydrogens (tertiary/aromatic N) is 3. The van der Waals surface area contributed by atoms with Crippen LogP contribution in [0, 0.1) is 17.8 Å². The minimum Gasteiger partial charge on any atom is -0.480 e. The normalized spacial score (nSPS) is 34.7. The molecule has 7 heteroatoms. The molecule has 0 aromatic carbocycles. The maximum Gasteiger partial charge on any atom is 0.320 e. The maximum absolute atomic E-state index is 11.3. The van der Waals surface area contributed by atoms with Crippen LogP contribution in [0.3, 0.4) is 0 Å². The van der Waals surface area contributed by atoms with Gasteiger partial charge in [-0.1, -0.05) is 5.21 Å². The van der Waals surface area contributed by atoms with Crippen LogP contribution in [-0.4, -0.2) is 44.3 Å². The summed E-state index contributed by atoms with van der Waals surface area (Å²) in [5, 5.41) is 26.5. The molecule has 3 rings (SSSR count). The third-order valence-corrected chi connectivity index (χ3v) is 4.58. The van der Waals surface area contributed by atoms with E-state index >= 15 is 0 Å². The highest BCUT2D eigenvalue weighted by atomic mass is 16.4. The Labute approximate surface area is 111 Å². The highest BCUT2D eigenvalue weighted by Crippen LogP contribution is 2.40. The summed E-state index contributed by atoms with van der Waals surface area (Å²) >= 11 is 0. The number of nitrogens with one attached hydrogen (secondary N) is 2. The lowest BCUT2D eigenvalue weighted by atomic mass is 9.67. The van der Waals surface area contributed by atoms with E-state index in [0.717, 1.165) is 44.5 Å². The summed E-state index contributed by atoms with van der Waals surface area (Å²) in [6.45, 7) is 0.813. The van der Waals surface area contributed by atoms with Gasteiger partial charge in [0.1, 0.15) is 6.04 Å². The van der Waals surface area contributed by atoms with E-state index in [1.54, 1.807) is 0 Å².